The van der Waals surface area contributed by atoms with Crippen LogP contribution in [0, 0.1) is 5.92 Å². The average molecular weight is 625 g/mol. The number of esters is 1. The molecule has 3 amide bonds. The van der Waals surface area contributed by atoms with E-state index in [9.17, 15) is 29.1 Å². The van der Waals surface area contributed by atoms with E-state index in [2.05, 4.69) is 20.8 Å². The number of nitrogens with one attached hydrogen (secondary N) is 2. The van der Waals surface area contributed by atoms with Gasteiger partial charge in [-0.15, -0.1) is 23.1 Å². The van der Waals surface area contributed by atoms with Crippen LogP contribution in [0.1, 0.15) is 46.2 Å². The van der Waals surface area contributed by atoms with Crippen LogP contribution in [-0.4, -0.2) is 92.6 Å². The summed E-state index contributed by atoms with van der Waals surface area (Å²) in [5, 5.41) is 20.1. The summed E-state index contributed by atoms with van der Waals surface area (Å²) >= 11 is 2.30. The largest absolute Gasteiger partial charge is 0.477 e. The summed E-state index contributed by atoms with van der Waals surface area (Å²) in [6.07, 6.45) is 0.539. The van der Waals surface area contributed by atoms with Crippen LogP contribution in [0.15, 0.2) is 21.8 Å². The van der Waals surface area contributed by atoms with Crippen molar-refractivity contribution in [2.45, 2.75) is 63.7 Å². The van der Waals surface area contributed by atoms with Crippen molar-refractivity contribution in [2.24, 2.45) is 11.1 Å². The van der Waals surface area contributed by atoms with Crippen LogP contribution in [0.2, 0.25) is 0 Å². The number of fused-ring (bicyclic) bond motifs is 1. The molecule has 0 radical (unpaired) electrons. The van der Waals surface area contributed by atoms with Crippen LogP contribution < -0.4 is 16.4 Å². The summed E-state index contributed by atoms with van der Waals surface area (Å²) in [6.45, 7) is 6.26. The van der Waals surface area contributed by atoms with Gasteiger partial charge in [0.15, 0.2) is 10.8 Å². The van der Waals surface area contributed by atoms with Crippen LogP contribution in [-0.2, 0) is 33.5 Å². The van der Waals surface area contributed by atoms with Crippen LogP contribution >= 0.6 is 23.1 Å². The molecule has 3 heterocycles. The van der Waals surface area contributed by atoms with E-state index < -0.39 is 53.0 Å². The number of carbonyl (C=O) groups excluding carboxylic acids is 4. The highest BCUT2D eigenvalue weighted by Crippen LogP contribution is 2.40. The zero-order valence-electron chi connectivity index (χ0n) is 23.4. The number of hydrogen-bond donors (Lipinski definition) is 4. The minimum atomic E-state index is -1.35. The maximum absolute atomic E-state index is 13.4. The number of amides is 3. The van der Waals surface area contributed by atoms with Gasteiger partial charge in [0.25, 0.3) is 11.8 Å². The van der Waals surface area contributed by atoms with Gasteiger partial charge in [-0.3, -0.25) is 19.3 Å². The number of thiazole rings is 1. The Morgan fingerprint density at radius 3 is 2.57 bits per heavy atom. The fraction of sp³-hybridized carbons (Fsp3) is 0.560. The highest BCUT2D eigenvalue weighted by atomic mass is 32.2. The number of oxime groups is 1. The Morgan fingerprint density at radius 2 is 2.00 bits per heavy atom. The monoisotopic (exact) mass is 624 g/mol. The van der Waals surface area contributed by atoms with Gasteiger partial charge in [0, 0.05) is 29.5 Å². The Labute approximate surface area is 249 Å². The zero-order valence-corrected chi connectivity index (χ0v) is 25.0. The molecule has 1 saturated heterocycles. The Morgan fingerprint density at radius 1 is 1.29 bits per heavy atom. The molecule has 228 valence electrons. The molecule has 2 fully saturated rings. The van der Waals surface area contributed by atoms with Crippen LogP contribution in [0.4, 0.5) is 9.93 Å². The first-order chi connectivity index (χ1) is 19.7. The molecule has 1 unspecified atom stereocenters. The van der Waals surface area contributed by atoms with E-state index in [1.165, 1.54) is 24.1 Å². The number of rotatable bonds is 11. The van der Waals surface area contributed by atoms with E-state index in [1.54, 1.807) is 20.8 Å². The average Bonchev–Trinajstić information content (AvgIpc) is 3.66. The third kappa shape index (κ3) is 7.50. The van der Waals surface area contributed by atoms with Gasteiger partial charge in [-0.2, -0.15) is 0 Å². The number of nitrogens with zero attached hydrogens (tertiary/aromatic N) is 3. The molecule has 0 aromatic carbocycles. The number of carboxylic acid groups (broad SMARTS) is 1. The number of nitrogens with two attached hydrogens (primary N) is 1. The lowest BCUT2D eigenvalue weighted by Crippen LogP contribution is -2.71. The van der Waals surface area contributed by atoms with Gasteiger partial charge < -0.3 is 35.8 Å². The van der Waals surface area contributed by atoms with E-state index in [-0.39, 0.29) is 52.6 Å². The summed E-state index contributed by atoms with van der Waals surface area (Å²) < 4.78 is 10.2. The van der Waals surface area contributed by atoms with Crippen molar-refractivity contribution in [2.75, 3.05) is 24.6 Å². The molecule has 3 atom stereocenters. The summed E-state index contributed by atoms with van der Waals surface area (Å²) in [5.41, 5.74) is 4.99. The number of aromatic nitrogens is 1. The number of aliphatic carboxylic acids is 1. The number of nitrogen functional groups attached to an aromatic ring is 1. The van der Waals surface area contributed by atoms with Gasteiger partial charge in [-0.1, -0.05) is 5.16 Å². The first-order valence-electron chi connectivity index (χ1n) is 13.0. The minimum Gasteiger partial charge on any atom is -0.477 e. The summed E-state index contributed by atoms with van der Waals surface area (Å²) in [5.74, 6) is -3.07. The predicted molar refractivity (Wildman–Crippen MR) is 151 cm³/mol. The fourth-order valence-corrected chi connectivity index (χ4v) is 6.05. The second kappa shape index (κ2) is 12.6. The molecule has 5 N–H and O–H groups in total. The number of carbonyl (C=O) groups is 5. The Hall–Kier alpha value is -3.86. The quantitative estimate of drug-likeness (QED) is 0.118. The molecule has 42 heavy (non-hydrogen) atoms. The number of β-lactam (4-membered cyclic amide) rings is 1. The summed E-state index contributed by atoms with van der Waals surface area (Å²) in [6, 6.07) is -1.05. The van der Waals surface area contributed by atoms with E-state index in [0.717, 1.165) is 29.1 Å². The number of thioether (sulfide) groups is 1. The van der Waals surface area contributed by atoms with E-state index >= 15 is 0 Å². The van der Waals surface area contributed by atoms with Crippen molar-refractivity contribution < 1.29 is 43.4 Å². The molecular formula is C25H32N6O9S2. The normalized spacial score (nSPS) is 21.1. The number of hydrogen-bond acceptors (Lipinski definition) is 13. The molecule has 0 spiro atoms. The number of ether oxygens (including phenoxy) is 2. The van der Waals surface area contributed by atoms with Crippen molar-refractivity contribution in [1.29, 1.82) is 0 Å². The van der Waals surface area contributed by atoms with Crippen LogP contribution in [0.5, 0.6) is 0 Å². The molecule has 17 heteroatoms. The molecule has 1 saturated carbocycles. The molecule has 15 nitrogen and oxygen atoms in total. The van der Waals surface area contributed by atoms with Gasteiger partial charge in [0.05, 0.1) is 6.54 Å². The van der Waals surface area contributed by atoms with Crippen LogP contribution in [0.3, 0.4) is 0 Å². The Bertz CT molecular complexity index is 1330. The molecule has 0 bridgehead atoms. The van der Waals surface area contributed by atoms with Crippen molar-refractivity contribution in [3.63, 3.8) is 0 Å². The molecule has 3 aliphatic rings. The lowest BCUT2D eigenvalue weighted by atomic mass is 10.0. The van der Waals surface area contributed by atoms with Crippen molar-refractivity contribution in [1.82, 2.24) is 20.5 Å². The lowest BCUT2D eigenvalue weighted by Gasteiger charge is -2.49. The van der Waals surface area contributed by atoms with Gasteiger partial charge in [0.2, 0.25) is 0 Å². The highest BCUT2D eigenvalue weighted by molar-refractivity contribution is 8.00. The first kappa shape index (κ1) is 31.1. The molecule has 2 aliphatic heterocycles. The zero-order chi connectivity index (χ0) is 30.8. The smallest absolute Gasteiger partial charge is 0.407 e. The Kier molecular flexibility index (Phi) is 9.30. The summed E-state index contributed by atoms with van der Waals surface area (Å²) in [7, 11) is 0. The number of anilines is 1. The van der Waals surface area contributed by atoms with Crippen molar-refractivity contribution in [3.05, 3.63) is 22.3 Å². The van der Waals surface area contributed by atoms with Gasteiger partial charge in [0.1, 0.15) is 41.1 Å². The maximum Gasteiger partial charge on any atom is 0.407 e. The Balaban J connectivity index is 1.47. The van der Waals surface area contributed by atoms with Crippen molar-refractivity contribution in [3.8, 4) is 0 Å². The van der Waals surface area contributed by atoms with E-state index in [4.69, 9.17) is 20.0 Å². The lowest BCUT2D eigenvalue weighted by molar-refractivity contribution is -0.150. The first-order valence-corrected chi connectivity index (χ1v) is 14.9. The second-order valence-corrected chi connectivity index (χ2v) is 12.8. The van der Waals surface area contributed by atoms with Gasteiger partial charge >= 0.3 is 18.0 Å². The number of carboxylic acids is 1. The van der Waals surface area contributed by atoms with Gasteiger partial charge in [-0.25, -0.2) is 14.6 Å². The fourth-order valence-electron chi connectivity index (χ4n) is 4.17. The summed E-state index contributed by atoms with van der Waals surface area (Å²) in [4.78, 5) is 72.7. The third-order valence-corrected chi connectivity index (χ3v) is 8.25. The molecular weight excluding hydrogens is 592 g/mol. The maximum atomic E-state index is 13.4. The number of alkyl carbamates (subject to hydrolysis) is 1. The second-order valence-electron chi connectivity index (χ2n) is 10.8. The minimum absolute atomic E-state index is 0.0892. The van der Waals surface area contributed by atoms with E-state index in [1.807, 2.05) is 0 Å². The molecule has 1 aliphatic carbocycles. The topological polar surface area (TPSA) is 212 Å². The van der Waals surface area contributed by atoms with Crippen LogP contribution in [0.25, 0.3) is 0 Å². The standard InChI is InChI=1S/C25H32N6O9S2/c1-11(32)38-8-13-9-41-21-17(20(34)31(21)18(13)22(35)36)29-19(33)16(14-10-42-23(26)28-14)30-40-15(12-5-6-12)7-27-24(37)39-25(2,3)4/h10,12,15,17,21H,5-9H2,1-4H3,(H2,26,28)(H,27,37)(H,29,33)(H,35,36)/t15?,17-,21-/m1/s1. The SMILES string of the molecule is CC(=O)OCC1=C(C(=O)O)N2C(=O)[C@@H](NC(=O)C(=NOC(CNC(=O)OC(C)(C)C)C3CC3)c3csc(N)n3)[C@H]2SC1. The molecule has 4 rings (SSSR count). The van der Waals surface area contributed by atoms with Gasteiger partial charge in [-0.05, 0) is 33.6 Å². The third-order valence-electron chi connectivity index (χ3n) is 6.24. The predicted octanol–water partition coefficient (Wildman–Crippen LogP) is 1.05. The van der Waals surface area contributed by atoms with E-state index in [0.29, 0.717) is 0 Å². The molecule has 1 aromatic heterocycles. The molecule has 1 aromatic rings. The highest BCUT2D eigenvalue weighted by Gasteiger charge is 2.54. The van der Waals surface area contributed by atoms with Crippen molar-refractivity contribution >= 4 is 63.8 Å².